The minimum Gasteiger partial charge on any atom is -0.747 e. The van der Waals surface area contributed by atoms with Gasteiger partial charge in [0.1, 0.15) is 55.4 Å². The van der Waals surface area contributed by atoms with Gasteiger partial charge in [-0.3, -0.25) is 9.45 Å². The van der Waals surface area contributed by atoms with E-state index in [4.69, 9.17) is 18.0 Å². The van der Waals surface area contributed by atoms with Crippen molar-refractivity contribution in [3.05, 3.63) is 132 Å². The Morgan fingerprint density at radius 3 is 1.92 bits per heavy atom. The van der Waals surface area contributed by atoms with Crippen LogP contribution in [0.3, 0.4) is 0 Å². The van der Waals surface area contributed by atoms with Gasteiger partial charge >= 0.3 is 51.4 Å². The van der Waals surface area contributed by atoms with Crippen molar-refractivity contribution in [3.63, 3.8) is 0 Å². The molecule has 0 unspecified atom stereocenters. The smallest absolute Gasteiger partial charge is 0.747 e. The number of allylic oxidation sites excluding steroid dienone is 2. The second-order valence-electron chi connectivity index (χ2n) is 12.2. The zero-order valence-electron chi connectivity index (χ0n) is 27.3. The number of hydrogen-bond donors (Lipinski definition) is 1. The summed E-state index contributed by atoms with van der Waals surface area (Å²) in [4.78, 5) is 1.25. The Labute approximate surface area is 338 Å². The summed E-state index contributed by atoms with van der Waals surface area (Å²) in [6.07, 6.45) is 3.13. The molecule has 0 saturated carbocycles. The van der Waals surface area contributed by atoms with Crippen LogP contribution >= 0.6 is 0 Å². The van der Waals surface area contributed by atoms with E-state index in [9.17, 15) is 25.9 Å². The summed E-state index contributed by atoms with van der Waals surface area (Å²) in [5.41, 5.74) is 4.17. The maximum absolute atomic E-state index is 12.3. The van der Waals surface area contributed by atoms with Crippen molar-refractivity contribution in [1.82, 2.24) is 0 Å². The summed E-state index contributed by atoms with van der Waals surface area (Å²) >= 11 is 0. The van der Waals surface area contributed by atoms with Crippen LogP contribution in [0.25, 0.3) is 66.5 Å². The largest absolute Gasteiger partial charge is 1.00 e. The van der Waals surface area contributed by atoms with Gasteiger partial charge in [-0.15, -0.1) is 0 Å². The number of hydrogen-bond acceptors (Lipinski definition) is 10. The molecule has 1 aliphatic rings. The fourth-order valence-corrected chi connectivity index (χ4v) is 7.91. The maximum Gasteiger partial charge on any atom is 1.00 e. The third-order valence-corrected chi connectivity index (χ3v) is 10.1. The van der Waals surface area contributed by atoms with E-state index >= 15 is 0 Å². The van der Waals surface area contributed by atoms with Crippen LogP contribution in [0.1, 0.15) is 16.9 Å². The Balaban J connectivity index is 0.00000387. The molecule has 5 aromatic carbocycles. The Morgan fingerprint density at radius 2 is 1.27 bits per heavy atom. The summed E-state index contributed by atoms with van der Waals surface area (Å²) in [5.74, 6) is -1.25. The number of furan rings is 3. The molecule has 0 atom stereocenters. The van der Waals surface area contributed by atoms with Crippen molar-refractivity contribution in [2.75, 3.05) is 10.8 Å². The molecule has 8 aromatic rings. The normalized spacial score (nSPS) is 14.5. The third-order valence-electron chi connectivity index (χ3n) is 8.84. The van der Waals surface area contributed by atoms with Crippen LogP contribution in [-0.4, -0.2) is 31.8 Å². The second-order valence-corrected chi connectivity index (χ2v) is 15.0. The van der Waals surface area contributed by atoms with E-state index in [0.717, 1.165) is 21.5 Å². The van der Waals surface area contributed by atoms with Gasteiger partial charge < -0.3 is 22.5 Å². The summed E-state index contributed by atoms with van der Waals surface area (Å²) < 4.78 is 95.9. The topological polar surface area (TPSA) is 163 Å². The Bertz CT molecular complexity index is 3010. The quantitative estimate of drug-likeness (QED) is 0.163. The molecular weight excluding hydrogens is 734 g/mol. The molecule has 11 nitrogen and oxygen atoms in total. The molecule has 4 heterocycles. The fourth-order valence-electron chi connectivity index (χ4n) is 6.66. The molecule has 0 saturated heterocycles. The van der Waals surface area contributed by atoms with E-state index in [1.165, 1.54) is 4.90 Å². The first kappa shape index (κ1) is 34.8. The second kappa shape index (κ2) is 13.0. The molecule has 0 spiro atoms. The van der Waals surface area contributed by atoms with Gasteiger partial charge in [-0.2, -0.15) is 8.42 Å². The maximum atomic E-state index is 12.3. The van der Waals surface area contributed by atoms with Crippen LogP contribution < -0.4 is 61.0 Å². The van der Waals surface area contributed by atoms with Gasteiger partial charge in [0.05, 0.1) is 5.69 Å². The Morgan fingerprint density at radius 1 is 0.692 bits per heavy atom. The van der Waals surface area contributed by atoms with Crippen LogP contribution in [0, 0.1) is 0 Å². The van der Waals surface area contributed by atoms with E-state index in [1.54, 1.807) is 60.7 Å². The molecule has 1 N–H and O–H groups in total. The van der Waals surface area contributed by atoms with E-state index in [2.05, 4.69) is 0 Å². The van der Waals surface area contributed by atoms with Crippen molar-refractivity contribution in [1.29, 1.82) is 0 Å². The summed E-state index contributed by atoms with van der Waals surface area (Å²) in [6.45, 7) is 0. The predicted octanol–water partition coefficient (Wildman–Crippen LogP) is 5.41. The van der Waals surface area contributed by atoms with Crippen LogP contribution in [0.15, 0.2) is 128 Å². The van der Waals surface area contributed by atoms with E-state index in [-0.39, 0.29) is 68.6 Å². The van der Waals surface area contributed by atoms with Crippen molar-refractivity contribution < 1.29 is 95.3 Å². The Hall–Kier alpha value is -4.22. The van der Waals surface area contributed by atoms with E-state index in [1.807, 2.05) is 54.6 Å². The van der Waals surface area contributed by atoms with Crippen LogP contribution in [-0.2, 0) is 26.0 Å². The zero-order valence-corrected chi connectivity index (χ0v) is 32.0. The average molecular weight is 758 g/mol. The summed E-state index contributed by atoms with van der Waals surface area (Å²) in [7, 11) is -9.35. The third kappa shape index (κ3) is 6.40. The number of para-hydroxylation sites is 2. The molecule has 52 heavy (non-hydrogen) atoms. The molecule has 0 radical (unpaired) electrons. The molecule has 0 amide bonds. The number of benzene rings is 5. The number of fused-ring (bicyclic) bond motifs is 8. The minimum absolute atomic E-state index is 0. The first-order valence-corrected chi connectivity index (χ1v) is 18.8. The van der Waals surface area contributed by atoms with Crippen molar-refractivity contribution in [2.45, 2.75) is 5.75 Å². The molecule has 0 aliphatic carbocycles. The fraction of sp³-hybridized carbons (Fsp3) is 0.0526. The van der Waals surface area contributed by atoms with Crippen molar-refractivity contribution in [2.24, 2.45) is 0 Å². The van der Waals surface area contributed by atoms with Crippen LogP contribution in [0.2, 0.25) is 0 Å². The van der Waals surface area contributed by atoms with E-state index < -0.39 is 31.9 Å². The SMILES string of the molecule is O=S(=O)([O-])CN1/C(=C/C(=C/c2oc3cc4c(cc3c2CS(=O)(=O)O)oc2ccccc24)c2ccccc2)Oc2cc3c(cc21)oc1ccccc13.[K+]. The number of nitrogens with zero attached hydrogens (tertiary/aromatic N) is 1. The number of ether oxygens (including phenoxy) is 1. The predicted molar refractivity (Wildman–Crippen MR) is 193 cm³/mol. The standard InChI is InChI=1S/C38H25NO10S2.K/c40-50(41,42)20-29-28-17-34-26(24-10-4-6-12-31(24)46-34)16-35(28)48-33(29)14-23(22-8-2-1-3-9-22)15-38-39(21-51(43,44)45)30-19-36-27(18-37(30)49-38)25-11-5-7-13-32(25)47-36;/h1-19H,20-21H2,(H,40,41,42)(H,43,44,45);/q;+1/p-1/b23-14-,38-15-;. The van der Waals surface area contributed by atoms with Crippen LogP contribution in [0.5, 0.6) is 5.75 Å². The van der Waals surface area contributed by atoms with E-state index in [0.29, 0.717) is 55.9 Å². The minimum atomic E-state index is -4.81. The number of anilines is 1. The van der Waals surface area contributed by atoms with Crippen molar-refractivity contribution in [3.8, 4) is 5.75 Å². The molecule has 0 fully saturated rings. The first-order chi connectivity index (χ1) is 24.5. The van der Waals surface area contributed by atoms with Gasteiger partial charge in [0.15, 0.2) is 5.75 Å². The molecule has 14 heteroatoms. The molecule has 9 rings (SSSR count). The van der Waals surface area contributed by atoms with Gasteiger partial charge in [0, 0.05) is 44.6 Å². The molecule has 1 aliphatic heterocycles. The number of rotatable bonds is 7. The zero-order chi connectivity index (χ0) is 35.1. The summed E-state index contributed by atoms with van der Waals surface area (Å²) in [6, 6.07) is 30.7. The van der Waals surface area contributed by atoms with Gasteiger partial charge in [-0.25, -0.2) is 8.42 Å². The van der Waals surface area contributed by atoms with Gasteiger partial charge in [0.2, 0.25) is 5.88 Å². The van der Waals surface area contributed by atoms with Gasteiger partial charge in [0.25, 0.3) is 10.1 Å². The van der Waals surface area contributed by atoms with Gasteiger partial charge in [-0.05, 0) is 47.5 Å². The Kier molecular flexibility index (Phi) is 8.72. The molecular formula is C38H24KNO10S2. The molecule has 0 bridgehead atoms. The first-order valence-electron chi connectivity index (χ1n) is 15.6. The van der Waals surface area contributed by atoms with Crippen LogP contribution in [0.4, 0.5) is 5.69 Å². The summed E-state index contributed by atoms with van der Waals surface area (Å²) in [5, 5.41) is 3.60. The monoisotopic (exact) mass is 757 g/mol. The van der Waals surface area contributed by atoms with Gasteiger partial charge in [-0.1, -0.05) is 66.7 Å². The van der Waals surface area contributed by atoms with Crippen molar-refractivity contribution >= 4 is 92.4 Å². The molecule has 3 aromatic heterocycles. The molecule has 254 valence electrons. The average Bonchev–Trinajstić information content (AvgIpc) is 3.82.